The van der Waals surface area contributed by atoms with E-state index in [9.17, 15) is 0 Å². The summed E-state index contributed by atoms with van der Waals surface area (Å²) in [5.41, 5.74) is 51.5. The predicted molar refractivity (Wildman–Crippen MR) is 463 cm³/mol. The zero-order valence-electron chi connectivity index (χ0n) is 55.4. The van der Waals surface area contributed by atoms with Crippen LogP contribution in [0.1, 0.15) is 0 Å². The van der Waals surface area contributed by atoms with Crippen LogP contribution in [-0.4, -0.2) is 235 Å². The summed E-state index contributed by atoms with van der Waals surface area (Å²) < 4.78 is 7.40. The molecule has 10 aromatic carbocycles. The zero-order chi connectivity index (χ0) is 59.6. The summed E-state index contributed by atoms with van der Waals surface area (Å²) in [6, 6.07) is 0. The van der Waals surface area contributed by atoms with Gasteiger partial charge in [0.25, 0.3) is 0 Å². The molecule has 81 heavy (non-hydrogen) atoms. The van der Waals surface area contributed by atoms with Gasteiger partial charge in [-0.15, -0.1) is 43.7 Å². The van der Waals surface area contributed by atoms with Crippen molar-refractivity contribution < 1.29 is 4.42 Å². The summed E-state index contributed by atoms with van der Waals surface area (Å²) in [6.45, 7) is 0. The fourth-order valence-electron chi connectivity index (χ4n) is 16.6. The number of rotatable bonds is 3. The lowest BCUT2D eigenvalue weighted by atomic mass is 9.55. The Morgan fingerprint density at radius 1 is 0.111 bits per heavy atom. The van der Waals surface area contributed by atoms with Gasteiger partial charge >= 0.3 is 0 Å². The molecule has 0 atom stereocenters. The number of hydrogen-bond donors (Lipinski definition) is 0. The van der Waals surface area contributed by atoms with E-state index in [-0.39, 0.29) is 0 Å². The molecule has 0 N–H and O–H groups in total. The van der Waals surface area contributed by atoms with Gasteiger partial charge in [0.2, 0.25) is 0 Å². The minimum Gasteiger partial charge on any atom is -0.456 e. The van der Waals surface area contributed by atoms with Gasteiger partial charge < -0.3 is 4.42 Å². The van der Waals surface area contributed by atoms with Gasteiger partial charge in [0.1, 0.15) is 247 Å². The van der Waals surface area contributed by atoms with E-state index in [2.05, 4.69) is 235 Å². The van der Waals surface area contributed by atoms with Crippen LogP contribution < -0.4 is 164 Å². The van der Waals surface area contributed by atoms with E-state index in [4.69, 9.17) is 4.42 Å². The van der Waals surface area contributed by atoms with Crippen LogP contribution in [0.4, 0.5) is 0 Å². The van der Waals surface area contributed by atoms with Crippen LogP contribution in [0, 0.1) is 0 Å². The van der Waals surface area contributed by atoms with Crippen molar-refractivity contribution in [2.45, 2.75) is 0 Å². The van der Waals surface area contributed by atoms with Crippen LogP contribution in [0.2, 0.25) is 0 Å². The van der Waals surface area contributed by atoms with E-state index in [1.807, 2.05) is 0 Å². The maximum absolute atomic E-state index is 7.40. The summed E-state index contributed by atoms with van der Waals surface area (Å²) in [6.07, 6.45) is 0. The van der Waals surface area contributed by atoms with E-state index in [1.54, 1.807) is 0 Å². The van der Waals surface area contributed by atoms with E-state index < -0.39 is 0 Å². The molecule has 11 rings (SSSR count). The Morgan fingerprint density at radius 3 is 0.654 bits per heavy atom. The van der Waals surface area contributed by atoms with E-state index >= 15 is 0 Å². The van der Waals surface area contributed by atoms with Crippen LogP contribution in [-0.2, 0) is 0 Å². The molecule has 0 saturated heterocycles. The van der Waals surface area contributed by atoms with Crippen molar-refractivity contribution in [3.63, 3.8) is 0 Å². The Morgan fingerprint density at radius 2 is 0.284 bits per heavy atom. The molecule has 0 saturated carbocycles. The number of benzene rings is 10. The van der Waals surface area contributed by atoms with Gasteiger partial charge in [-0.3, -0.25) is 0 Å². The fraction of sp³-hybridized carbons (Fsp3) is 0. The third-order valence-corrected chi connectivity index (χ3v) is 23.5. The van der Waals surface area contributed by atoms with Gasteiger partial charge in [0, 0.05) is 16.2 Å². The Hall–Kier alpha value is -4.75. The molecule has 0 aliphatic rings. The topological polar surface area (TPSA) is 13.1 Å². The molecule has 0 spiro atoms. The highest BCUT2D eigenvalue weighted by atomic mass is 16.3. The lowest BCUT2D eigenvalue weighted by molar-refractivity contribution is 0.676. The smallest absolute Gasteiger partial charge is 0.143 e. The molecule has 0 radical (unpaired) electrons. The molecule has 0 aliphatic carbocycles. The average molecular weight is 1000 g/mol. The van der Waals surface area contributed by atoms with Gasteiger partial charge in [-0.1, -0.05) is 120 Å². The second-order valence-corrected chi connectivity index (χ2v) is 26.3. The Labute approximate surface area is 509 Å². The first-order valence-electron chi connectivity index (χ1n) is 30.2. The van der Waals surface area contributed by atoms with Gasteiger partial charge in [0.15, 0.2) is 0 Å². The number of furan rings is 1. The summed E-state index contributed by atoms with van der Waals surface area (Å²) in [5.74, 6) is 0. The summed E-state index contributed by atoms with van der Waals surface area (Å²) in [7, 11) is 71.4. The highest BCUT2D eigenvalue weighted by molar-refractivity contribution is 6.79. The second kappa shape index (κ2) is 19.4. The molecule has 356 valence electrons. The van der Waals surface area contributed by atoms with Crippen molar-refractivity contribution in [1.29, 1.82) is 0 Å². The van der Waals surface area contributed by atoms with Crippen LogP contribution >= 0.6 is 0 Å². The summed E-state index contributed by atoms with van der Waals surface area (Å²) >= 11 is 0. The van der Waals surface area contributed by atoms with Crippen LogP contribution in [0.5, 0.6) is 0 Å². The predicted octanol–water partition coefficient (Wildman–Crippen LogP) is -37.9. The van der Waals surface area contributed by atoms with Crippen LogP contribution in [0.25, 0.3) is 109 Å². The second-order valence-electron chi connectivity index (χ2n) is 26.3. The van der Waals surface area contributed by atoms with Crippen LogP contribution in [0.3, 0.4) is 0 Å². The lowest BCUT2D eigenvalue weighted by Gasteiger charge is -2.32. The summed E-state index contributed by atoms with van der Waals surface area (Å²) in [5, 5.41) is 16.5. The fourth-order valence-corrected chi connectivity index (χ4v) is 16.6. The minimum atomic E-state index is 1.03. The van der Waals surface area contributed by atoms with Crippen molar-refractivity contribution in [3.8, 4) is 33.4 Å². The molecule has 0 aliphatic heterocycles. The minimum absolute atomic E-state index is 1.03. The SMILES string of the molecule is Bc1c(B)c(-c2c3c(B)c(B)c(B)c(B)c3c(-c3c(B)c(B)c4oc5c6c(B)c(B)c(B)c(B)c6c(B)c(B)c5c4c3B)c3c(B)c(B)c(B)c(B)c23)c(B)c(B)c1-c1c(B)c(B)c2c(c1B)c(B)c(B)c1c(B)c(B)c(B)c(B)c12. The van der Waals surface area contributed by atoms with Gasteiger partial charge in [-0.05, 0) is 81.9 Å². The molecule has 31 heteroatoms. The number of hydrogen-bond acceptors (Lipinski definition) is 1. The van der Waals surface area contributed by atoms with Crippen molar-refractivity contribution in [2.24, 2.45) is 0 Å². The van der Waals surface area contributed by atoms with Crippen molar-refractivity contribution in [3.05, 3.63) is 0 Å². The maximum atomic E-state index is 7.40. The molecule has 11 aromatic rings. The molecule has 0 amide bonds. The first-order chi connectivity index (χ1) is 37.8. The largest absolute Gasteiger partial charge is 0.456 e. The number of fused-ring (bicyclic) bond motifs is 10. The molecular weight excluding hydrogens is 941 g/mol. The van der Waals surface area contributed by atoms with Crippen LogP contribution in [0.15, 0.2) is 4.42 Å². The Bertz CT molecular complexity index is 4820. The monoisotopic (exact) mass is 1010 g/mol. The Balaban J connectivity index is 1.33. The molecule has 0 bridgehead atoms. The van der Waals surface area contributed by atoms with Gasteiger partial charge in [-0.25, -0.2) is 0 Å². The molecule has 0 fully saturated rings. The first-order valence-corrected chi connectivity index (χ1v) is 30.2. The van der Waals surface area contributed by atoms with Gasteiger partial charge in [-0.2, -0.15) is 0 Å². The highest BCUT2D eigenvalue weighted by Gasteiger charge is 2.32. The normalized spacial score (nSPS) is 12.0. The molecule has 1 aromatic heterocycles. The highest BCUT2D eigenvalue weighted by Crippen LogP contribution is 2.40. The van der Waals surface area contributed by atoms with E-state index in [0.717, 1.165) is 11.2 Å². The maximum Gasteiger partial charge on any atom is 0.143 e. The summed E-state index contributed by atoms with van der Waals surface area (Å²) in [4.78, 5) is 0. The molecular formula is C50H60B30O. The van der Waals surface area contributed by atoms with Gasteiger partial charge in [0.05, 0.1) is 0 Å². The standard InChI is InChI=1S/C50H60B30O/c51-19-11-7(8-12(30(62)29(11)61)35(67)45(77)44(76)26(8)58)21(53)31(63)13(19)14-32(64)27(59)10(28(60)33(14)65)2-5-3(22(54)40(72)42(74)24(5)56)1(4-6(2)25(57)43(75)41(73)23(4)55)9-20(52)17-18-38(70)34(66)15-16(39(71)47(79)46(78)36(15)68)49(18)81-50(17)48(80)37(9)69/h51-80H2. The van der Waals surface area contributed by atoms with Crippen molar-refractivity contribution >= 4 is 475 Å². The average Bonchev–Trinajstić information content (AvgIpc) is 2.33. The first kappa shape index (κ1) is 58.0. The molecule has 1 nitrogen and oxygen atoms in total. The molecule has 0 unspecified atom stereocenters. The molecule has 1 heterocycles. The Kier molecular flexibility index (Phi) is 13.9. The van der Waals surface area contributed by atoms with Crippen molar-refractivity contribution in [2.75, 3.05) is 0 Å². The van der Waals surface area contributed by atoms with Crippen molar-refractivity contribution in [1.82, 2.24) is 0 Å². The van der Waals surface area contributed by atoms with E-state index in [1.165, 1.54) is 262 Å². The third-order valence-electron chi connectivity index (χ3n) is 23.5. The lowest BCUT2D eigenvalue weighted by Crippen LogP contribution is -2.52. The van der Waals surface area contributed by atoms with E-state index in [0.29, 0.717) is 0 Å². The zero-order valence-corrected chi connectivity index (χ0v) is 55.4. The quantitative estimate of drug-likeness (QED) is 0.0977. The third kappa shape index (κ3) is 7.30.